The summed E-state index contributed by atoms with van der Waals surface area (Å²) >= 11 is 0. The van der Waals surface area contributed by atoms with Gasteiger partial charge >= 0.3 is 5.97 Å². The highest BCUT2D eigenvalue weighted by molar-refractivity contribution is 5.92. The van der Waals surface area contributed by atoms with Crippen LogP contribution < -0.4 is 0 Å². The molecule has 0 fully saturated rings. The first-order valence-corrected chi connectivity index (χ1v) is 5.05. The maximum Gasteiger partial charge on any atom is 0.334 e. The number of ether oxygens (including phenoxy) is 1. The van der Waals surface area contributed by atoms with Crippen molar-refractivity contribution in [2.75, 3.05) is 0 Å². The Morgan fingerprint density at radius 1 is 1.14 bits per heavy atom. The fourth-order valence-corrected chi connectivity index (χ4v) is 1.42. The van der Waals surface area contributed by atoms with Crippen molar-refractivity contribution < 1.29 is 9.53 Å². The van der Waals surface area contributed by atoms with Gasteiger partial charge in [-0.05, 0) is 11.5 Å². The van der Waals surface area contributed by atoms with Crippen molar-refractivity contribution in [2.45, 2.75) is 47.6 Å². The first-order valence-electron chi connectivity index (χ1n) is 5.05. The van der Waals surface area contributed by atoms with Crippen molar-refractivity contribution in [2.24, 2.45) is 10.8 Å². The zero-order chi connectivity index (χ0) is 11.1. The Kier molecular flexibility index (Phi) is 2.51. The lowest BCUT2D eigenvalue weighted by Crippen LogP contribution is -2.25. The van der Waals surface area contributed by atoms with E-state index in [1.807, 2.05) is 26.8 Å². The molecule has 2 heteroatoms. The minimum Gasteiger partial charge on any atom is -0.454 e. The second kappa shape index (κ2) is 3.11. The highest BCUT2D eigenvalue weighted by atomic mass is 16.5. The van der Waals surface area contributed by atoms with E-state index in [0.717, 1.165) is 5.57 Å². The molecule has 0 amide bonds. The molecule has 1 unspecified atom stereocenters. The molecule has 0 saturated heterocycles. The Labute approximate surface area is 86.3 Å². The molecule has 1 rings (SSSR count). The molecule has 1 aliphatic rings. The Morgan fingerprint density at radius 2 is 1.64 bits per heavy atom. The summed E-state index contributed by atoms with van der Waals surface area (Å²) in [5, 5.41) is 0. The van der Waals surface area contributed by atoms with E-state index >= 15 is 0 Å². The van der Waals surface area contributed by atoms with Crippen molar-refractivity contribution >= 4 is 5.97 Å². The van der Waals surface area contributed by atoms with Crippen LogP contribution in [0.2, 0.25) is 0 Å². The Morgan fingerprint density at radius 3 is 1.86 bits per heavy atom. The third-order valence-electron chi connectivity index (χ3n) is 2.43. The van der Waals surface area contributed by atoms with Crippen molar-refractivity contribution in [3.63, 3.8) is 0 Å². The van der Waals surface area contributed by atoms with Crippen LogP contribution in [-0.4, -0.2) is 12.1 Å². The smallest absolute Gasteiger partial charge is 0.334 e. The third kappa shape index (κ3) is 2.17. The number of carbonyl (C=O) groups is 1. The summed E-state index contributed by atoms with van der Waals surface area (Å²) in [6, 6.07) is 0. The lowest BCUT2D eigenvalue weighted by Gasteiger charge is -2.23. The van der Waals surface area contributed by atoms with Crippen molar-refractivity contribution in [3.05, 3.63) is 11.6 Å². The quantitative estimate of drug-likeness (QED) is 0.557. The fourth-order valence-electron chi connectivity index (χ4n) is 1.42. The Hall–Kier alpha value is -0.790. The zero-order valence-corrected chi connectivity index (χ0v) is 9.97. The van der Waals surface area contributed by atoms with E-state index in [0.29, 0.717) is 0 Å². The summed E-state index contributed by atoms with van der Waals surface area (Å²) in [6.45, 7) is 12.3. The molecule has 1 heterocycles. The average molecular weight is 196 g/mol. The van der Waals surface area contributed by atoms with Crippen LogP contribution in [0, 0.1) is 10.8 Å². The molecule has 0 aliphatic carbocycles. The minimum atomic E-state index is -0.155. The van der Waals surface area contributed by atoms with Crippen LogP contribution >= 0.6 is 0 Å². The normalized spacial score (nSPS) is 23.4. The van der Waals surface area contributed by atoms with E-state index in [4.69, 9.17) is 4.74 Å². The fraction of sp³-hybridized carbons (Fsp3) is 0.750. The first-order chi connectivity index (χ1) is 6.12. The minimum absolute atomic E-state index is 0.0112. The molecular formula is C12H20O2. The van der Waals surface area contributed by atoms with Crippen molar-refractivity contribution in [1.29, 1.82) is 0 Å². The molecule has 1 atom stereocenters. The van der Waals surface area contributed by atoms with Gasteiger partial charge in [-0.3, -0.25) is 0 Å². The van der Waals surface area contributed by atoms with Crippen molar-refractivity contribution in [1.82, 2.24) is 0 Å². The van der Waals surface area contributed by atoms with Gasteiger partial charge in [0, 0.05) is 11.0 Å². The lowest BCUT2D eigenvalue weighted by atomic mass is 9.83. The number of hydrogen-bond donors (Lipinski definition) is 0. The van der Waals surface area contributed by atoms with Crippen LogP contribution in [0.1, 0.15) is 41.5 Å². The summed E-state index contributed by atoms with van der Waals surface area (Å²) in [7, 11) is 0. The van der Waals surface area contributed by atoms with Crippen LogP contribution in [0.3, 0.4) is 0 Å². The lowest BCUT2D eigenvalue weighted by molar-refractivity contribution is -0.144. The molecule has 0 aromatic rings. The van der Waals surface area contributed by atoms with Gasteiger partial charge in [-0.25, -0.2) is 4.79 Å². The molecule has 0 aromatic heterocycles. The Balaban J connectivity index is 2.95. The standard InChI is InChI=1S/C12H20O2/c1-11(2,3)8-7-9(12(4,5)6)14-10(8)13/h7,9H,1-6H3. The molecule has 1 aliphatic heterocycles. The molecule has 2 nitrogen and oxygen atoms in total. The predicted molar refractivity (Wildman–Crippen MR) is 56.9 cm³/mol. The number of rotatable bonds is 0. The van der Waals surface area contributed by atoms with E-state index in [1.54, 1.807) is 0 Å². The summed E-state index contributed by atoms with van der Waals surface area (Å²) in [4.78, 5) is 11.6. The zero-order valence-electron chi connectivity index (χ0n) is 9.97. The third-order valence-corrected chi connectivity index (χ3v) is 2.43. The van der Waals surface area contributed by atoms with Crippen LogP contribution in [0.4, 0.5) is 0 Å². The van der Waals surface area contributed by atoms with Gasteiger partial charge in [0.2, 0.25) is 0 Å². The first kappa shape index (κ1) is 11.3. The summed E-state index contributed by atoms with van der Waals surface area (Å²) in [5.74, 6) is -0.155. The van der Waals surface area contributed by atoms with Crippen LogP contribution in [-0.2, 0) is 9.53 Å². The molecule has 0 N–H and O–H groups in total. The van der Waals surface area contributed by atoms with Crippen LogP contribution in [0.5, 0.6) is 0 Å². The Bertz CT molecular complexity index is 274. The predicted octanol–water partition coefficient (Wildman–Crippen LogP) is 2.93. The molecule has 0 bridgehead atoms. The van der Waals surface area contributed by atoms with Gasteiger partial charge in [-0.2, -0.15) is 0 Å². The summed E-state index contributed by atoms with van der Waals surface area (Å²) in [6.07, 6.45) is 1.90. The van der Waals surface area contributed by atoms with E-state index < -0.39 is 0 Å². The molecule has 0 aromatic carbocycles. The largest absolute Gasteiger partial charge is 0.454 e. The molecular weight excluding hydrogens is 176 g/mol. The second-order valence-corrected chi connectivity index (χ2v) is 6.02. The molecule has 0 spiro atoms. The van der Waals surface area contributed by atoms with E-state index in [9.17, 15) is 4.79 Å². The maximum atomic E-state index is 11.6. The van der Waals surface area contributed by atoms with E-state index in [2.05, 4.69) is 20.8 Å². The van der Waals surface area contributed by atoms with Gasteiger partial charge in [0.05, 0.1) is 0 Å². The number of hydrogen-bond acceptors (Lipinski definition) is 2. The van der Waals surface area contributed by atoms with E-state index in [-0.39, 0.29) is 22.9 Å². The highest BCUT2D eigenvalue weighted by Gasteiger charge is 2.38. The van der Waals surface area contributed by atoms with E-state index in [1.165, 1.54) is 0 Å². The van der Waals surface area contributed by atoms with Gasteiger partial charge in [-0.1, -0.05) is 41.5 Å². The van der Waals surface area contributed by atoms with Gasteiger partial charge < -0.3 is 4.74 Å². The second-order valence-electron chi connectivity index (χ2n) is 6.02. The molecule has 0 saturated carbocycles. The van der Waals surface area contributed by atoms with Gasteiger partial charge in [-0.15, -0.1) is 0 Å². The van der Waals surface area contributed by atoms with Crippen LogP contribution in [0.15, 0.2) is 11.6 Å². The maximum absolute atomic E-state index is 11.6. The summed E-state index contributed by atoms with van der Waals surface area (Å²) in [5.41, 5.74) is 0.678. The number of carbonyl (C=O) groups excluding carboxylic acids is 1. The van der Waals surface area contributed by atoms with Gasteiger partial charge in [0.25, 0.3) is 0 Å². The molecule has 80 valence electrons. The summed E-state index contributed by atoms with van der Waals surface area (Å²) < 4.78 is 5.33. The topological polar surface area (TPSA) is 26.3 Å². The SMILES string of the molecule is CC(C)(C)C1=CC(C(C)(C)C)OC1=O. The molecule has 0 radical (unpaired) electrons. The average Bonchev–Trinajstić information content (AvgIpc) is 2.27. The monoisotopic (exact) mass is 196 g/mol. The van der Waals surface area contributed by atoms with Crippen LogP contribution in [0.25, 0.3) is 0 Å². The highest BCUT2D eigenvalue weighted by Crippen LogP contribution is 2.36. The number of cyclic esters (lactones) is 1. The van der Waals surface area contributed by atoms with Crippen molar-refractivity contribution in [3.8, 4) is 0 Å². The molecule has 14 heavy (non-hydrogen) atoms. The number of esters is 1. The van der Waals surface area contributed by atoms with Gasteiger partial charge in [0.15, 0.2) is 0 Å². The van der Waals surface area contributed by atoms with Gasteiger partial charge in [0.1, 0.15) is 6.10 Å².